The number of likely N-dealkylation sites (tertiary alicyclic amines) is 1. The highest BCUT2D eigenvalue weighted by atomic mass is 19.3. The van der Waals surface area contributed by atoms with Crippen LogP contribution in [-0.4, -0.2) is 35.6 Å². The van der Waals surface area contributed by atoms with Gasteiger partial charge in [-0.05, 0) is 18.4 Å². The first-order chi connectivity index (χ1) is 9.57. The lowest BCUT2D eigenvalue weighted by molar-refractivity contribution is -0.239. The standard InChI is InChI=1S/C16H21F2NO/c17-16(18)14-7-4-8-15(16,12-20)11-19(10-14)9-13-5-2-1-3-6-13/h1-3,5-6,14,20H,4,7-12H2. The first kappa shape index (κ1) is 14.0. The van der Waals surface area contributed by atoms with Crippen molar-refractivity contribution in [2.45, 2.75) is 31.7 Å². The lowest BCUT2D eigenvalue weighted by Crippen LogP contribution is -2.64. The molecule has 20 heavy (non-hydrogen) atoms. The van der Waals surface area contributed by atoms with Gasteiger partial charge in [-0.1, -0.05) is 36.8 Å². The van der Waals surface area contributed by atoms with Gasteiger partial charge in [0, 0.05) is 25.6 Å². The van der Waals surface area contributed by atoms with Crippen molar-refractivity contribution in [3.63, 3.8) is 0 Å². The van der Waals surface area contributed by atoms with Crippen molar-refractivity contribution in [1.82, 2.24) is 4.90 Å². The summed E-state index contributed by atoms with van der Waals surface area (Å²) in [6.07, 6.45) is 1.80. The highest BCUT2D eigenvalue weighted by Crippen LogP contribution is 2.54. The van der Waals surface area contributed by atoms with Gasteiger partial charge in [0.15, 0.2) is 0 Å². The van der Waals surface area contributed by atoms with E-state index in [9.17, 15) is 13.9 Å². The van der Waals surface area contributed by atoms with Gasteiger partial charge in [0.05, 0.1) is 12.0 Å². The molecule has 1 aliphatic heterocycles. The molecule has 2 aliphatic rings. The fraction of sp³-hybridized carbons (Fsp3) is 0.625. The Kier molecular flexibility index (Phi) is 3.55. The number of alkyl halides is 2. The summed E-state index contributed by atoms with van der Waals surface area (Å²) in [6, 6.07) is 9.94. The monoisotopic (exact) mass is 281 g/mol. The predicted octanol–water partition coefficient (Wildman–Crippen LogP) is 2.92. The average molecular weight is 281 g/mol. The summed E-state index contributed by atoms with van der Waals surface area (Å²) in [4.78, 5) is 2.09. The van der Waals surface area contributed by atoms with Crippen LogP contribution < -0.4 is 0 Å². The van der Waals surface area contributed by atoms with E-state index in [1.807, 2.05) is 30.3 Å². The molecule has 2 unspecified atom stereocenters. The molecule has 1 saturated carbocycles. The molecule has 110 valence electrons. The SMILES string of the molecule is OCC12CCCC(CN(Cc3ccccc3)C1)C2(F)F. The number of aliphatic hydroxyl groups excluding tert-OH is 1. The highest BCUT2D eigenvalue weighted by Gasteiger charge is 2.62. The van der Waals surface area contributed by atoms with Gasteiger partial charge in [-0.25, -0.2) is 8.78 Å². The molecule has 1 saturated heterocycles. The maximum Gasteiger partial charge on any atom is 0.261 e. The second-order valence-electron chi connectivity index (χ2n) is 6.31. The minimum absolute atomic E-state index is 0.294. The lowest BCUT2D eigenvalue weighted by atomic mass is 9.63. The van der Waals surface area contributed by atoms with Crippen LogP contribution in [0.15, 0.2) is 30.3 Å². The number of fused-ring (bicyclic) bond motifs is 2. The van der Waals surface area contributed by atoms with E-state index in [4.69, 9.17) is 0 Å². The molecule has 1 aromatic carbocycles. The molecule has 2 nitrogen and oxygen atoms in total. The molecule has 4 heteroatoms. The van der Waals surface area contributed by atoms with Gasteiger partial charge < -0.3 is 5.11 Å². The van der Waals surface area contributed by atoms with Crippen molar-refractivity contribution in [2.24, 2.45) is 11.3 Å². The van der Waals surface area contributed by atoms with Crippen LogP contribution in [0.2, 0.25) is 0 Å². The molecule has 1 aromatic rings. The molecule has 0 radical (unpaired) electrons. The second-order valence-corrected chi connectivity index (χ2v) is 6.31. The Morgan fingerprint density at radius 1 is 1.25 bits per heavy atom. The Bertz CT molecular complexity index is 465. The lowest BCUT2D eigenvalue weighted by Gasteiger charge is -2.54. The normalized spacial score (nSPS) is 33.0. The fourth-order valence-corrected chi connectivity index (χ4v) is 3.86. The second kappa shape index (κ2) is 5.08. The smallest absolute Gasteiger partial charge is 0.261 e. The van der Waals surface area contributed by atoms with Crippen LogP contribution in [0.1, 0.15) is 24.8 Å². The Hall–Kier alpha value is -1.00. The molecule has 2 fully saturated rings. The van der Waals surface area contributed by atoms with E-state index < -0.39 is 23.9 Å². The number of hydrogen-bond acceptors (Lipinski definition) is 2. The minimum atomic E-state index is -2.73. The molecule has 1 N–H and O–H groups in total. The van der Waals surface area contributed by atoms with Crippen LogP contribution in [-0.2, 0) is 6.54 Å². The quantitative estimate of drug-likeness (QED) is 0.921. The van der Waals surface area contributed by atoms with Gasteiger partial charge in [0.2, 0.25) is 0 Å². The van der Waals surface area contributed by atoms with E-state index in [1.165, 1.54) is 0 Å². The molecule has 0 aromatic heterocycles. The summed E-state index contributed by atoms with van der Waals surface area (Å²) < 4.78 is 29.0. The van der Waals surface area contributed by atoms with E-state index in [-0.39, 0.29) is 0 Å². The van der Waals surface area contributed by atoms with Gasteiger partial charge in [-0.3, -0.25) is 4.90 Å². The number of aliphatic hydroxyl groups is 1. The largest absolute Gasteiger partial charge is 0.396 e. The summed E-state index contributed by atoms with van der Waals surface area (Å²) in [5.41, 5.74) is -0.0907. The maximum absolute atomic E-state index is 14.5. The van der Waals surface area contributed by atoms with E-state index in [0.717, 1.165) is 12.0 Å². The molecule has 1 aliphatic carbocycles. The zero-order valence-electron chi connectivity index (χ0n) is 11.6. The third-order valence-corrected chi connectivity index (χ3v) is 4.98. The topological polar surface area (TPSA) is 23.5 Å². The molecule has 0 spiro atoms. The van der Waals surface area contributed by atoms with Gasteiger partial charge >= 0.3 is 0 Å². The third kappa shape index (κ3) is 2.15. The first-order valence-corrected chi connectivity index (χ1v) is 7.32. The Morgan fingerprint density at radius 3 is 2.70 bits per heavy atom. The van der Waals surface area contributed by atoms with Crippen LogP contribution in [0.5, 0.6) is 0 Å². The van der Waals surface area contributed by atoms with Crippen LogP contribution in [0.4, 0.5) is 8.78 Å². The summed E-state index contributed by atoms with van der Waals surface area (Å²) in [5.74, 6) is -3.34. The summed E-state index contributed by atoms with van der Waals surface area (Å²) in [7, 11) is 0. The van der Waals surface area contributed by atoms with Crippen molar-refractivity contribution >= 4 is 0 Å². The fourth-order valence-electron chi connectivity index (χ4n) is 3.86. The minimum Gasteiger partial charge on any atom is -0.396 e. The molecular weight excluding hydrogens is 260 g/mol. The summed E-state index contributed by atoms with van der Waals surface area (Å²) >= 11 is 0. The number of nitrogens with zero attached hydrogens (tertiary/aromatic N) is 1. The highest BCUT2D eigenvalue weighted by molar-refractivity contribution is 5.15. The Morgan fingerprint density at radius 2 is 2.00 bits per heavy atom. The van der Waals surface area contributed by atoms with Crippen LogP contribution in [0, 0.1) is 11.3 Å². The molecule has 3 rings (SSSR count). The molecule has 0 amide bonds. The van der Waals surface area contributed by atoms with Crippen molar-refractivity contribution in [3.05, 3.63) is 35.9 Å². The molecule has 2 bridgehead atoms. The van der Waals surface area contributed by atoms with Crippen molar-refractivity contribution in [3.8, 4) is 0 Å². The molecular formula is C16H21F2NO. The summed E-state index contributed by atoms with van der Waals surface area (Å²) in [6.45, 7) is 1.00. The first-order valence-electron chi connectivity index (χ1n) is 7.32. The zero-order chi connectivity index (χ0) is 14.2. The van der Waals surface area contributed by atoms with Gasteiger partial charge in [0.25, 0.3) is 5.92 Å². The number of hydrogen-bond donors (Lipinski definition) is 1. The third-order valence-electron chi connectivity index (χ3n) is 4.98. The van der Waals surface area contributed by atoms with Crippen LogP contribution in [0.25, 0.3) is 0 Å². The number of rotatable bonds is 3. The number of benzene rings is 1. The Balaban J connectivity index is 1.80. The molecule has 2 atom stereocenters. The zero-order valence-corrected chi connectivity index (χ0v) is 11.6. The van der Waals surface area contributed by atoms with Gasteiger partial charge in [-0.2, -0.15) is 0 Å². The van der Waals surface area contributed by atoms with E-state index >= 15 is 0 Å². The van der Waals surface area contributed by atoms with E-state index in [2.05, 4.69) is 4.90 Å². The van der Waals surface area contributed by atoms with Crippen molar-refractivity contribution in [1.29, 1.82) is 0 Å². The van der Waals surface area contributed by atoms with E-state index in [1.54, 1.807) is 0 Å². The van der Waals surface area contributed by atoms with Crippen molar-refractivity contribution in [2.75, 3.05) is 19.7 Å². The average Bonchev–Trinajstić information content (AvgIpc) is 2.41. The predicted molar refractivity (Wildman–Crippen MR) is 73.5 cm³/mol. The summed E-state index contributed by atoms with van der Waals surface area (Å²) in [5, 5.41) is 9.61. The van der Waals surface area contributed by atoms with Gasteiger partial charge in [-0.15, -0.1) is 0 Å². The van der Waals surface area contributed by atoms with Crippen LogP contribution >= 0.6 is 0 Å². The Labute approximate surface area is 118 Å². The van der Waals surface area contributed by atoms with Crippen molar-refractivity contribution < 1.29 is 13.9 Å². The van der Waals surface area contributed by atoms with Crippen LogP contribution in [0.3, 0.4) is 0 Å². The molecule has 1 heterocycles. The maximum atomic E-state index is 14.5. The number of piperidine rings is 1. The van der Waals surface area contributed by atoms with E-state index in [0.29, 0.717) is 32.5 Å². The van der Waals surface area contributed by atoms with Gasteiger partial charge in [0.1, 0.15) is 0 Å². The number of halogens is 2.